The van der Waals surface area contributed by atoms with Crippen LogP contribution >= 0.6 is 0 Å². The summed E-state index contributed by atoms with van der Waals surface area (Å²) < 4.78 is 5.35. The maximum atomic E-state index is 12.9. The van der Waals surface area contributed by atoms with Crippen LogP contribution in [0.1, 0.15) is 32.7 Å². The van der Waals surface area contributed by atoms with Gasteiger partial charge < -0.3 is 15.0 Å². The Labute approximate surface area is 171 Å². The van der Waals surface area contributed by atoms with Crippen LogP contribution in [0.15, 0.2) is 48.5 Å². The van der Waals surface area contributed by atoms with Gasteiger partial charge in [-0.15, -0.1) is 0 Å². The summed E-state index contributed by atoms with van der Waals surface area (Å²) in [5.41, 5.74) is 3.22. The fourth-order valence-electron chi connectivity index (χ4n) is 3.90. The predicted molar refractivity (Wildman–Crippen MR) is 112 cm³/mol. The van der Waals surface area contributed by atoms with Crippen molar-refractivity contribution < 1.29 is 14.3 Å². The molecule has 152 valence electrons. The van der Waals surface area contributed by atoms with Crippen molar-refractivity contribution >= 4 is 17.5 Å². The zero-order chi connectivity index (χ0) is 20.1. The molecule has 1 fully saturated rings. The first-order valence-corrected chi connectivity index (χ1v) is 10.3. The molecule has 0 bridgehead atoms. The molecule has 1 N–H and O–H groups in total. The van der Waals surface area contributed by atoms with Crippen molar-refractivity contribution in [2.45, 2.75) is 12.8 Å². The van der Waals surface area contributed by atoms with Crippen molar-refractivity contribution in [2.75, 3.05) is 50.8 Å². The number of nitrogens with zero attached hydrogens (tertiary/aromatic N) is 2. The third-order valence-electron chi connectivity index (χ3n) is 5.55. The minimum absolute atomic E-state index is 0.0209. The Kier molecular flexibility index (Phi) is 6.22. The van der Waals surface area contributed by atoms with Gasteiger partial charge in [-0.05, 0) is 49.2 Å². The van der Waals surface area contributed by atoms with Gasteiger partial charge in [-0.1, -0.05) is 24.3 Å². The minimum Gasteiger partial charge on any atom is -0.379 e. The Morgan fingerprint density at radius 2 is 1.76 bits per heavy atom. The highest BCUT2D eigenvalue weighted by molar-refractivity contribution is 6.08. The molecule has 0 spiro atoms. The first-order valence-electron chi connectivity index (χ1n) is 10.3. The molecule has 2 aromatic carbocycles. The molecule has 2 aromatic rings. The van der Waals surface area contributed by atoms with E-state index in [1.807, 2.05) is 48.5 Å². The molecule has 6 nitrogen and oxygen atoms in total. The Morgan fingerprint density at radius 1 is 0.966 bits per heavy atom. The SMILES string of the molecule is O=C(NCCCN1CCOCC1)c1ccc2c(c1)N(C(=O)c1ccccc1)CC2. The highest BCUT2D eigenvalue weighted by atomic mass is 16.5. The quantitative estimate of drug-likeness (QED) is 0.766. The average molecular weight is 393 g/mol. The highest BCUT2D eigenvalue weighted by Crippen LogP contribution is 2.30. The lowest BCUT2D eigenvalue weighted by atomic mass is 10.1. The van der Waals surface area contributed by atoms with Crippen molar-refractivity contribution in [3.8, 4) is 0 Å². The van der Waals surface area contributed by atoms with E-state index < -0.39 is 0 Å². The molecule has 0 unspecified atom stereocenters. The second kappa shape index (κ2) is 9.20. The fraction of sp³-hybridized carbons (Fsp3) is 0.391. The fourth-order valence-corrected chi connectivity index (χ4v) is 3.90. The smallest absolute Gasteiger partial charge is 0.258 e. The summed E-state index contributed by atoms with van der Waals surface area (Å²) in [6.07, 6.45) is 1.73. The van der Waals surface area contributed by atoms with Crippen LogP contribution in [0.3, 0.4) is 0 Å². The van der Waals surface area contributed by atoms with Crippen LogP contribution in [0.4, 0.5) is 5.69 Å². The van der Waals surface area contributed by atoms with Gasteiger partial charge in [0.2, 0.25) is 0 Å². The largest absolute Gasteiger partial charge is 0.379 e. The number of benzene rings is 2. The molecular weight excluding hydrogens is 366 g/mol. The minimum atomic E-state index is -0.0891. The number of anilines is 1. The van der Waals surface area contributed by atoms with Gasteiger partial charge in [0, 0.05) is 43.0 Å². The number of ether oxygens (including phenoxy) is 1. The number of amides is 2. The summed E-state index contributed by atoms with van der Waals surface area (Å²) in [7, 11) is 0. The number of hydrogen-bond acceptors (Lipinski definition) is 4. The molecule has 2 aliphatic heterocycles. The number of fused-ring (bicyclic) bond motifs is 1. The van der Waals surface area contributed by atoms with Crippen molar-refractivity contribution in [2.24, 2.45) is 0 Å². The molecule has 4 rings (SSSR count). The lowest BCUT2D eigenvalue weighted by Crippen LogP contribution is -2.38. The van der Waals surface area contributed by atoms with Crippen molar-refractivity contribution in [3.63, 3.8) is 0 Å². The van der Waals surface area contributed by atoms with Gasteiger partial charge in [0.1, 0.15) is 0 Å². The van der Waals surface area contributed by atoms with E-state index in [1.165, 1.54) is 0 Å². The molecule has 0 atom stereocenters. The standard InChI is InChI=1S/C23H27N3O3/c27-22(24-10-4-11-25-13-15-29-16-14-25)20-8-7-18-9-12-26(21(18)17-20)23(28)19-5-2-1-3-6-19/h1-3,5-8,17H,4,9-16H2,(H,24,27). The number of nitrogens with one attached hydrogen (secondary N) is 1. The molecule has 0 saturated carbocycles. The van der Waals surface area contributed by atoms with Crippen LogP contribution in [-0.4, -0.2) is 62.7 Å². The van der Waals surface area contributed by atoms with Gasteiger partial charge in [0.25, 0.3) is 11.8 Å². The summed E-state index contributed by atoms with van der Waals surface area (Å²) in [4.78, 5) is 29.6. The summed E-state index contributed by atoms with van der Waals surface area (Å²) in [5, 5.41) is 3.01. The van der Waals surface area contributed by atoms with Gasteiger partial charge in [-0.2, -0.15) is 0 Å². The molecule has 2 aliphatic rings. The Hall–Kier alpha value is -2.70. The van der Waals surface area contributed by atoms with E-state index in [0.29, 0.717) is 24.2 Å². The van der Waals surface area contributed by atoms with E-state index in [0.717, 1.165) is 56.9 Å². The van der Waals surface area contributed by atoms with Crippen molar-refractivity contribution in [1.29, 1.82) is 0 Å². The maximum Gasteiger partial charge on any atom is 0.258 e. The van der Waals surface area contributed by atoms with Crippen molar-refractivity contribution in [1.82, 2.24) is 10.2 Å². The zero-order valence-electron chi connectivity index (χ0n) is 16.6. The summed E-state index contributed by atoms with van der Waals surface area (Å²) in [5.74, 6) is -0.110. The van der Waals surface area contributed by atoms with Gasteiger partial charge in [-0.3, -0.25) is 14.5 Å². The Bertz CT molecular complexity index is 863. The second-order valence-corrected chi connectivity index (χ2v) is 7.48. The highest BCUT2D eigenvalue weighted by Gasteiger charge is 2.26. The number of hydrogen-bond donors (Lipinski definition) is 1. The van der Waals surface area contributed by atoms with Gasteiger partial charge in [0.05, 0.1) is 13.2 Å². The third kappa shape index (κ3) is 4.66. The van der Waals surface area contributed by atoms with Gasteiger partial charge in [0.15, 0.2) is 0 Å². The molecule has 1 saturated heterocycles. The molecule has 0 radical (unpaired) electrons. The maximum absolute atomic E-state index is 12.9. The number of carbonyl (C=O) groups excluding carboxylic acids is 2. The molecule has 0 aliphatic carbocycles. The normalized spacial score (nSPS) is 16.5. The summed E-state index contributed by atoms with van der Waals surface area (Å²) in [6, 6.07) is 15.0. The van der Waals surface area contributed by atoms with Crippen LogP contribution < -0.4 is 10.2 Å². The van der Waals surface area contributed by atoms with Crippen LogP contribution in [-0.2, 0) is 11.2 Å². The van der Waals surface area contributed by atoms with E-state index in [-0.39, 0.29) is 11.8 Å². The number of morpholine rings is 1. The van der Waals surface area contributed by atoms with E-state index in [1.54, 1.807) is 4.90 Å². The number of carbonyl (C=O) groups is 2. The van der Waals surface area contributed by atoms with Gasteiger partial charge >= 0.3 is 0 Å². The Morgan fingerprint density at radius 3 is 2.55 bits per heavy atom. The predicted octanol–water partition coefficient (Wildman–Crippen LogP) is 2.34. The first kappa shape index (κ1) is 19.6. The molecule has 2 heterocycles. The summed E-state index contributed by atoms with van der Waals surface area (Å²) in [6.45, 7) is 5.76. The third-order valence-corrected chi connectivity index (χ3v) is 5.55. The van der Waals surface area contributed by atoms with E-state index in [2.05, 4.69) is 10.2 Å². The van der Waals surface area contributed by atoms with Crippen LogP contribution in [0.25, 0.3) is 0 Å². The lowest BCUT2D eigenvalue weighted by Gasteiger charge is -2.26. The molecule has 29 heavy (non-hydrogen) atoms. The average Bonchev–Trinajstić information content (AvgIpc) is 3.20. The monoisotopic (exact) mass is 393 g/mol. The van der Waals surface area contributed by atoms with Crippen molar-refractivity contribution in [3.05, 3.63) is 65.2 Å². The van der Waals surface area contributed by atoms with E-state index in [9.17, 15) is 9.59 Å². The van der Waals surface area contributed by atoms with Crippen LogP contribution in [0.2, 0.25) is 0 Å². The Balaban J connectivity index is 1.36. The molecule has 0 aromatic heterocycles. The van der Waals surface area contributed by atoms with Crippen LogP contribution in [0.5, 0.6) is 0 Å². The van der Waals surface area contributed by atoms with Crippen LogP contribution in [0, 0.1) is 0 Å². The summed E-state index contributed by atoms with van der Waals surface area (Å²) >= 11 is 0. The van der Waals surface area contributed by atoms with Gasteiger partial charge in [-0.25, -0.2) is 0 Å². The first-order chi connectivity index (χ1) is 14.2. The zero-order valence-corrected chi connectivity index (χ0v) is 16.6. The molecule has 6 heteroatoms. The lowest BCUT2D eigenvalue weighted by molar-refractivity contribution is 0.0374. The number of rotatable bonds is 6. The van der Waals surface area contributed by atoms with E-state index >= 15 is 0 Å². The molecular formula is C23H27N3O3. The second-order valence-electron chi connectivity index (χ2n) is 7.48. The topological polar surface area (TPSA) is 61.9 Å². The molecule has 2 amide bonds. The van der Waals surface area contributed by atoms with E-state index in [4.69, 9.17) is 4.74 Å².